The van der Waals surface area contributed by atoms with Gasteiger partial charge < -0.3 is 14.6 Å². The van der Waals surface area contributed by atoms with Crippen LogP contribution in [0.4, 0.5) is 0 Å². The van der Waals surface area contributed by atoms with Crippen LogP contribution in [-0.2, 0) is 10.2 Å². The van der Waals surface area contributed by atoms with Crippen LogP contribution in [0.5, 0.6) is 11.5 Å². The van der Waals surface area contributed by atoms with Crippen molar-refractivity contribution in [1.82, 2.24) is 0 Å². The molecular formula is C17H21ClO4. The fourth-order valence-electron chi connectivity index (χ4n) is 3.24. The van der Waals surface area contributed by atoms with Gasteiger partial charge in [0.2, 0.25) is 0 Å². The van der Waals surface area contributed by atoms with E-state index >= 15 is 0 Å². The van der Waals surface area contributed by atoms with Gasteiger partial charge in [-0.2, -0.15) is 0 Å². The summed E-state index contributed by atoms with van der Waals surface area (Å²) in [6.07, 6.45) is 6.48. The second kappa shape index (κ2) is 5.99. The Morgan fingerprint density at radius 2 is 1.95 bits per heavy atom. The summed E-state index contributed by atoms with van der Waals surface area (Å²) in [6.45, 7) is 0. The lowest BCUT2D eigenvalue weighted by molar-refractivity contribution is -0.145. The summed E-state index contributed by atoms with van der Waals surface area (Å²) in [6, 6.07) is 3.55. The highest BCUT2D eigenvalue weighted by atomic mass is 35.5. The van der Waals surface area contributed by atoms with Gasteiger partial charge in [-0.05, 0) is 43.4 Å². The Bertz CT molecular complexity index is 574. The van der Waals surface area contributed by atoms with Gasteiger partial charge in [-0.15, -0.1) is 0 Å². The van der Waals surface area contributed by atoms with Gasteiger partial charge in [0.05, 0.1) is 23.7 Å². The molecule has 5 heteroatoms. The topological polar surface area (TPSA) is 55.8 Å². The zero-order valence-corrected chi connectivity index (χ0v) is 13.5. The molecule has 2 saturated carbocycles. The van der Waals surface area contributed by atoms with Crippen molar-refractivity contribution in [2.24, 2.45) is 0 Å². The Kier molecular flexibility index (Phi) is 4.22. The number of carboxylic acids is 1. The Hall–Kier alpha value is -1.42. The van der Waals surface area contributed by atoms with E-state index in [1.165, 1.54) is 0 Å². The van der Waals surface area contributed by atoms with Gasteiger partial charge in [-0.1, -0.05) is 30.9 Å². The summed E-state index contributed by atoms with van der Waals surface area (Å²) in [5.74, 6) is 0.286. The maximum Gasteiger partial charge on any atom is 0.314 e. The number of carboxylic acid groups (broad SMARTS) is 1. The third-order valence-electron chi connectivity index (χ3n) is 4.71. The lowest BCUT2D eigenvalue weighted by Crippen LogP contribution is -2.37. The third kappa shape index (κ3) is 2.76. The molecule has 0 saturated heterocycles. The van der Waals surface area contributed by atoms with Crippen molar-refractivity contribution in [1.29, 1.82) is 0 Å². The molecule has 120 valence electrons. The SMILES string of the molecule is COc1cc(C2(C(=O)O)CCCCC2)cc(Cl)c1OC1CC1. The molecule has 2 fully saturated rings. The summed E-state index contributed by atoms with van der Waals surface area (Å²) in [5.41, 5.74) is -0.127. The number of halogens is 1. The minimum Gasteiger partial charge on any atom is -0.493 e. The van der Waals surface area contributed by atoms with Crippen molar-refractivity contribution < 1.29 is 19.4 Å². The van der Waals surface area contributed by atoms with E-state index in [-0.39, 0.29) is 6.10 Å². The quantitative estimate of drug-likeness (QED) is 0.883. The average molecular weight is 325 g/mol. The number of benzene rings is 1. The second-order valence-electron chi connectivity index (χ2n) is 6.25. The van der Waals surface area contributed by atoms with Crippen molar-refractivity contribution in [2.75, 3.05) is 7.11 Å². The van der Waals surface area contributed by atoms with Gasteiger partial charge in [-0.25, -0.2) is 0 Å². The first kappa shape index (κ1) is 15.5. The molecule has 1 N–H and O–H groups in total. The molecule has 2 aliphatic carbocycles. The summed E-state index contributed by atoms with van der Waals surface area (Å²) in [7, 11) is 1.56. The lowest BCUT2D eigenvalue weighted by Gasteiger charge is -2.34. The molecule has 0 unspecified atom stereocenters. The van der Waals surface area contributed by atoms with Gasteiger partial charge in [0.1, 0.15) is 0 Å². The van der Waals surface area contributed by atoms with E-state index in [1.54, 1.807) is 19.2 Å². The van der Waals surface area contributed by atoms with E-state index in [0.717, 1.165) is 37.7 Å². The van der Waals surface area contributed by atoms with Crippen LogP contribution >= 0.6 is 11.6 Å². The number of ether oxygens (including phenoxy) is 2. The molecule has 1 aromatic carbocycles. The van der Waals surface area contributed by atoms with Crippen molar-refractivity contribution in [3.05, 3.63) is 22.7 Å². The molecule has 0 radical (unpaired) electrons. The molecular weight excluding hydrogens is 304 g/mol. The van der Waals surface area contributed by atoms with Crippen molar-refractivity contribution in [2.45, 2.75) is 56.5 Å². The van der Waals surface area contributed by atoms with E-state index in [4.69, 9.17) is 21.1 Å². The molecule has 22 heavy (non-hydrogen) atoms. The van der Waals surface area contributed by atoms with Crippen LogP contribution in [0.2, 0.25) is 5.02 Å². The zero-order chi connectivity index (χ0) is 15.7. The average Bonchev–Trinajstić information content (AvgIpc) is 3.33. The number of hydrogen-bond acceptors (Lipinski definition) is 3. The lowest BCUT2D eigenvalue weighted by atomic mass is 9.69. The molecule has 3 rings (SSSR count). The van der Waals surface area contributed by atoms with Crippen LogP contribution in [0.1, 0.15) is 50.5 Å². The summed E-state index contributed by atoms with van der Waals surface area (Å²) < 4.78 is 11.2. The summed E-state index contributed by atoms with van der Waals surface area (Å²) >= 11 is 6.37. The molecule has 2 aliphatic rings. The van der Waals surface area contributed by atoms with E-state index in [2.05, 4.69) is 0 Å². The van der Waals surface area contributed by atoms with Crippen molar-refractivity contribution in [3.8, 4) is 11.5 Å². The fraction of sp³-hybridized carbons (Fsp3) is 0.588. The second-order valence-corrected chi connectivity index (χ2v) is 6.66. The van der Waals surface area contributed by atoms with E-state index in [0.29, 0.717) is 29.4 Å². The van der Waals surface area contributed by atoms with Gasteiger partial charge >= 0.3 is 5.97 Å². The first-order chi connectivity index (χ1) is 10.6. The molecule has 4 nitrogen and oxygen atoms in total. The van der Waals surface area contributed by atoms with Gasteiger partial charge in [0, 0.05) is 0 Å². The zero-order valence-electron chi connectivity index (χ0n) is 12.7. The van der Waals surface area contributed by atoms with E-state index in [9.17, 15) is 9.90 Å². The van der Waals surface area contributed by atoms with Crippen LogP contribution in [0, 0.1) is 0 Å². The van der Waals surface area contributed by atoms with E-state index in [1.807, 2.05) is 0 Å². The highest BCUT2D eigenvalue weighted by Gasteiger charge is 2.42. The maximum absolute atomic E-state index is 11.9. The van der Waals surface area contributed by atoms with Crippen molar-refractivity contribution >= 4 is 17.6 Å². The largest absolute Gasteiger partial charge is 0.493 e. The highest BCUT2D eigenvalue weighted by Crippen LogP contribution is 2.46. The molecule has 0 aromatic heterocycles. The summed E-state index contributed by atoms with van der Waals surface area (Å²) in [5, 5.41) is 10.2. The summed E-state index contributed by atoms with van der Waals surface area (Å²) in [4.78, 5) is 11.9. The fourth-order valence-corrected chi connectivity index (χ4v) is 3.50. The van der Waals surface area contributed by atoms with Crippen LogP contribution in [0.15, 0.2) is 12.1 Å². The monoisotopic (exact) mass is 324 g/mol. The van der Waals surface area contributed by atoms with E-state index < -0.39 is 11.4 Å². The van der Waals surface area contributed by atoms with Crippen LogP contribution in [0.3, 0.4) is 0 Å². The number of carbonyl (C=O) groups is 1. The normalized spacial score (nSPS) is 20.5. The van der Waals surface area contributed by atoms with Gasteiger partial charge in [-0.3, -0.25) is 4.79 Å². The first-order valence-electron chi connectivity index (χ1n) is 7.85. The Morgan fingerprint density at radius 1 is 1.27 bits per heavy atom. The minimum absolute atomic E-state index is 0.209. The Morgan fingerprint density at radius 3 is 2.50 bits per heavy atom. The molecule has 0 amide bonds. The smallest absolute Gasteiger partial charge is 0.314 e. The molecule has 0 aliphatic heterocycles. The molecule has 0 heterocycles. The van der Waals surface area contributed by atoms with Crippen LogP contribution < -0.4 is 9.47 Å². The first-order valence-corrected chi connectivity index (χ1v) is 8.23. The molecule has 0 spiro atoms. The number of hydrogen-bond donors (Lipinski definition) is 1. The number of aliphatic carboxylic acids is 1. The molecule has 0 bridgehead atoms. The predicted molar refractivity (Wildman–Crippen MR) is 84.1 cm³/mol. The van der Waals surface area contributed by atoms with Gasteiger partial charge in [0.25, 0.3) is 0 Å². The highest BCUT2D eigenvalue weighted by molar-refractivity contribution is 6.32. The molecule has 0 atom stereocenters. The standard InChI is InChI=1S/C17H21ClO4/c1-21-14-10-11(9-13(18)15(14)22-12-5-6-12)17(16(19)20)7-3-2-4-8-17/h9-10,12H,2-8H2,1H3,(H,19,20). The molecule has 1 aromatic rings. The van der Waals surface area contributed by atoms with Gasteiger partial charge in [0.15, 0.2) is 11.5 Å². The van der Waals surface area contributed by atoms with Crippen LogP contribution in [-0.4, -0.2) is 24.3 Å². The maximum atomic E-state index is 11.9. The third-order valence-corrected chi connectivity index (χ3v) is 4.99. The Labute approximate surface area is 135 Å². The number of rotatable bonds is 5. The number of methoxy groups -OCH3 is 1. The van der Waals surface area contributed by atoms with Crippen LogP contribution in [0.25, 0.3) is 0 Å². The van der Waals surface area contributed by atoms with Crippen molar-refractivity contribution in [3.63, 3.8) is 0 Å². The Balaban J connectivity index is 2.02. The minimum atomic E-state index is -0.854. The predicted octanol–water partition coefficient (Wildman–Crippen LogP) is 4.18.